The summed E-state index contributed by atoms with van der Waals surface area (Å²) in [5.74, 6) is 0.333. The average molecular weight is 258 g/mol. The summed E-state index contributed by atoms with van der Waals surface area (Å²) in [4.78, 5) is 0. The lowest BCUT2D eigenvalue weighted by molar-refractivity contribution is 0.849. The molecule has 0 amide bonds. The molecule has 0 nitrogen and oxygen atoms in total. The van der Waals surface area contributed by atoms with Gasteiger partial charge in [-0.1, -0.05) is 62.2 Å². The highest BCUT2D eigenvalue weighted by Crippen LogP contribution is 2.32. The monoisotopic (exact) mass is 258 g/mol. The van der Waals surface area contributed by atoms with Gasteiger partial charge in [-0.3, -0.25) is 0 Å². The van der Waals surface area contributed by atoms with Crippen LogP contribution in [0, 0.1) is 0 Å². The Morgan fingerprint density at radius 2 is 1.90 bits per heavy atom. The summed E-state index contributed by atoms with van der Waals surface area (Å²) in [7, 11) is 0. The Morgan fingerprint density at radius 1 is 1.10 bits per heavy atom. The van der Waals surface area contributed by atoms with E-state index in [0.29, 0.717) is 5.92 Å². The highest BCUT2D eigenvalue weighted by atomic mass is 14.2. The maximum atomic E-state index is 4.28. The van der Waals surface area contributed by atoms with Crippen LogP contribution in [-0.2, 0) is 0 Å². The lowest BCUT2D eigenvalue weighted by Gasteiger charge is -2.22. The summed E-state index contributed by atoms with van der Waals surface area (Å²) in [6.45, 7) is 16.4. The summed E-state index contributed by atoms with van der Waals surface area (Å²) in [6, 6.07) is 6.31. The average Bonchev–Trinajstić information content (AvgIpc) is 2.50. The standard InChI is InChI=1S/C20H18/c1-5-15-9-7-11-17-18-12-8-10-16(6-2)20(18)14(4)13(3)19(15)17/h5-9,11-12,16H,1-4,10H2. The molecule has 0 radical (unpaired) electrons. The van der Waals surface area contributed by atoms with Crippen LogP contribution in [0.1, 0.15) is 29.0 Å². The predicted octanol–water partition coefficient (Wildman–Crippen LogP) is 3.99. The van der Waals surface area contributed by atoms with Gasteiger partial charge in [-0.05, 0) is 44.3 Å². The first kappa shape index (κ1) is 12.7. The van der Waals surface area contributed by atoms with Crippen molar-refractivity contribution in [2.45, 2.75) is 12.3 Å². The third kappa shape index (κ3) is 1.61. The highest BCUT2D eigenvalue weighted by Gasteiger charge is 2.18. The summed E-state index contributed by atoms with van der Waals surface area (Å²) >= 11 is 0. The molecule has 0 aliphatic heterocycles. The van der Waals surface area contributed by atoms with Crippen molar-refractivity contribution < 1.29 is 0 Å². The molecule has 3 rings (SSSR count). The van der Waals surface area contributed by atoms with E-state index < -0.39 is 0 Å². The van der Waals surface area contributed by atoms with Crippen LogP contribution < -0.4 is 10.4 Å². The number of benzene rings is 2. The van der Waals surface area contributed by atoms with Gasteiger partial charge in [0, 0.05) is 5.92 Å². The normalized spacial score (nSPS) is 16.9. The second-order valence-corrected chi connectivity index (χ2v) is 5.24. The second kappa shape index (κ2) is 4.64. The summed E-state index contributed by atoms with van der Waals surface area (Å²) in [5.41, 5.74) is 3.66. The summed E-state index contributed by atoms with van der Waals surface area (Å²) < 4.78 is 0. The molecule has 1 aliphatic carbocycles. The minimum Gasteiger partial charge on any atom is -0.102 e. The van der Waals surface area contributed by atoms with Crippen LogP contribution in [0.2, 0.25) is 0 Å². The zero-order valence-electron chi connectivity index (χ0n) is 11.7. The van der Waals surface area contributed by atoms with Gasteiger partial charge in [0.15, 0.2) is 0 Å². The molecule has 0 heterocycles. The first-order chi connectivity index (χ1) is 9.69. The van der Waals surface area contributed by atoms with Gasteiger partial charge in [-0.25, -0.2) is 0 Å². The Kier molecular flexibility index (Phi) is 2.94. The van der Waals surface area contributed by atoms with Crippen molar-refractivity contribution in [1.29, 1.82) is 0 Å². The zero-order valence-corrected chi connectivity index (χ0v) is 11.7. The molecule has 20 heavy (non-hydrogen) atoms. The molecule has 0 heteroatoms. The molecule has 2 aromatic rings. The van der Waals surface area contributed by atoms with Crippen LogP contribution in [0.25, 0.3) is 36.1 Å². The van der Waals surface area contributed by atoms with E-state index in [9.17, 15) is 0 Å². The lowest BCUT2D eigenvalue weighted by Crippen LogP contribution is -2.30. The van der Waals surface area contributed by atoms with Gasteiger partial charge in [0.05, 0.1) is 0 Å². The van der Waals surface area contributed by atoms with E-state index >= 15 is 0 Å². The van der Waals surface area contributed by atoms with E-state index in [1.54, 1.807) is 0 Å². The first-order valence-corrected chi connectivity index (χ1v) is 6.87. The van der Waals surface area contributed by atoms with Gasteiger partial charge in [0.1, 0.15) is 0 Å². The van der Waals surface area contributed by atoms with E-state index in [0.717, 1.165) is 22.4 Å². The number of allylic oxidation sites excluding steroid dienone is 2. The van der Waals surface area contributed by atoms with Crippen molar-refractivity contribution in [3.8, 4) is 0 Å². The number of fused-ring (bicyclic) bond motifs is 3. The molecular weight excluding hydrogens is 240 g/mol. The molecular formula is C20H18. The molecule has 1 aliphatic rings. The summed E-state index contributed by atoms with van der Waals surface area (Å²) in [6.07, 6.45) is 9.32. The molecule has 0 bridgehead atoms. The molecule has 0 aromatic heterocycles. The second-order valence-electron chi connectivity index (χ2n) is 5.24. The minimum atomic E-state index is 0.333. The van der Waals surface area contributed by atoms with Gasteiger partial charge < -0.3 is 0 Å². The fourth-order valence-electron chi connectivity index (χ4n) is 3.19. The van der Waals surface area contributed by atoms with Gasteiger partial charge >= 0.3 is 0 Å². The molecule has 0 spiro atoms. The van der Waals surface area contributed by atoms with Crippen LogP contribution >= 0.6 is 0 Å². The van der Waals surface area contributed by atoms with Crippen LogP contribution in [-0.4, -0.2) is 0 Å². The SMILES string of the molecule is C=Cc1cccc2c3c(c(=C)c(=C)c12)C(C=C)CC=C3. The highest BCUT2D eigenvalue weighted by molar-refractivity contribution is 5.98. The summed E-state index contributed by atoms with van der Waals surface area (Å²) in [5, 5.41) is 4.45. The van der Waals surface area contributed by atoms with E-state index in [1.807, 2.05) is 12.2 Å². The zero-order chi connectivity index (χ0) is 14.3. The van der Waals surface area contributed by atoms with Crippen molar-refractivity contribution in [3.05, 3.63) is 70.6 Å². The number of hydrogen-bond donors (Lipinski definition) is 0. The molecule has 98 valence electrons. The third-order valence-electron chi connectivity index (χ3n) is 4.22. The smallest absolute Gasteiger partial charge is 0.00620 e. The van der Waals surface area contributed by atoms with Crippen molar-refractivity contribution in [1.82, 2.24) is 0 Å². The van der Waals surface area contributed by atoms with Gasteiger partial charge in [0.25, 0.3) is 0 Å². The quantitative estimate of drug-likeness (QED) is 0.714. The molecule has 0 saturated carbocycles. The van der Waals surface area contributed by atoms with E-state index in [2.05, 4.69) is 56.7 Å². The van der Waals surface area contributed by atoms with E-state index in [4.69, 9.17) is 0 Å². The van der Waals surface area contributed by atoms with Gasteiger partial charge in [-0.2, -0.15) is 0 Å². The maximum Gasteiger partial charge on any atom is 0.00620 e. The minimum absolute atomic E-state index is 0.333. The van der Waals surface area contributed by atoms with E-state index in [1.165, 1.54) is 21.9 Å². The Hall–Kier alpha value is -2.34. The largest absolute Gasteiger partial charge is 0.102 e. The Morgan fingerprint density at radius 3 is 2.60 bits per heavy atom. The Bertz CT molecular complexity index is 850. The van der Waals surface area contributed by atoms with Crippen molar-refractivity contribution >= 4 is 36.1 Å². The molecule has 2 aromatic carbocycles. The van der Waals surface area contributed by atoms with E-state index in [-0.39, 0.29) is 0 Å². The van der Waals surface area contributed by atoms with Gasteiger partial charge in [0.2, 0.25) is 0 Å². The third-order valence-corrected chi connectivity index (χ3v) is 4.22. The fraction of sp³-hybridized carbons (Fsp3) is 0.100. The first-order valence-electron chi connectivity index (χ1n) is 6.87. The molecule has 1 unspecified atom stereocenters. The molecule has 1 atom stereocenters. The maximum absolute atomic E-state index is 4.28. The van der Waals surface area contributed by atoms with Crippen LogP contribution in [0.4, 0.5) is 0 Å². The number of rotatable bonds is 2. The Labute approximate surface area is 119 Å². The topological polar surface area (TPSA) is 0 Å². The van der Waals surface area contributed by atoms with Crippen LogP contribution in [0.5, 0.6) is 0 Å². The number of hydrogen-bond acceptors (Lipinski definition) is 0. The Balaban J connectivity index is 2.60. The van der Waals surface area contributed by atoms with Crippen molar-refractivity contribution in [2.75, 3.05) is 0 Å². The lowest BCUT2D eigenvalue weighted by atomic mass is 9.82. The molecule has 0 saturated heterocycles. The van der Waals surface area contributed by atoms with Crippen molar-refractivity contribution in [3.63, 3.8) is 0 Å². The predicted molar refractivity (Wildman–Crippen MR) is 90.9 cm³/mol. The van der Waals surface area contributed by atoms with Crippen LogP contribution in [0.15, 0.2) is 43.5 Å². The van der Waals surface area contributed by atoms with Crippen LogP contribution in [0.3, 0.4) is 0 Å². The fourth-order valence-corrected chi connectivity index (χ4v) is 3.19. The molecule has 0 fully saturated rings. The van der Waals surface area contributed by atoms with Crippen molar-refractivity contribution in [2.24, 2.45) is 0 Å². The van der Waals surface area contributed by atoms with Gasteiger partial charge in [-0.15, -0.1) is 6.58 Å². The molecule has 0 N–H and O–H groups in total.